The van der Waals surface area contributed by atoms with Crippen LogP contribution in [-0.4, -0.2) is 30.7 Å². The van der Waals surface area contributed by atoms with Crippen LogP contribution in [-0.2, 0) is 4.74 Å². The van der Waals surface area contributed by atoms with Crippen molar-refractivity contribution in [1.82, 2.24) is 4.90 Å². The smallest absolute Gasteiger partial charge is 0.409 e. The second-order valence-electron chi connectivity index (χ2n) is 2.36. The molecule has 1 unspecified atom stereocenters. The molecule has 1 aliphatic rings. The van der Waals surface area contributed by atoms with Crippen LogP contribution in [0.15, 0.2) is 0 Å². The lowest BCUT2D eigenvalue weighted by atomic mass is 10.2. The molecule has 0 N–H and O–H groups in total. The highest BCUT2D eigenvalue weighted by molar-refractivity contribution is 5.68. The molecule has 52 valence electrons. The minimum atomic E-state index is -0.200. The van der Waals surface area contributed by atoms with Crippen molar-refractivity contribution in [3.63, 3.8) is 0 Å². The number of rotatable bonds is 0. The molecule has 1 rings (SSSR count). The van der Waals surface area contributed by atoms with E-state index in [0.29, 0.717) is 12.6 Å². The van der Waals surface area contributed by atoms with E-state index in [1.807, 2.05) is 6.92 Å². The van der Waals surface area contributed by atoms with Crippen LogP contribution in [0.4, 0.5) is 4.79 Å². The van der Waals surface area contributed by atoms with Gasteiger partial charge in [0.1, 0.15) is 0 Å². The number of carbonyl (C=O) groups is 1. The van der Waals surface area contributed by atoms with Crippen molar-refractivity contribution >= 4 is 6.09 Å². The highest BCUT2D eigenvalue weighted by atomic mass is 16.6. The van der Waals surface area contributed by atoms with Gasteiger partial charge < -0.3 is 9.64 Å². The second kappa shape index (κ2) is 2.25. The normalized spacial score (nSPS) is 28.0. The van der Waals surface area contributed by atoms with E-state index in [1.165, 1.54) is 0 Å². The number of ether oxygens (including phenoxy) is 1. The molecule has 0 aliphatic carbocycles. The van der Waals surface area contributed by atoms with Gasteiger partial charge in [-0.2, -0.15) is 0 Å². The van der Waals surface area contributed by atoms with Crippen LogP contribution in [0.2, 0.25) is 0 Å². The molecule has 1 atom stereocenters. The van der Waals surface area contributed by atoms with Gasteiger partial charge in [-0.1, -0.05) is 0 Å². The Morgan fingerprint density at radius 3 is 2.89 bits per heavy atom. The quantitative estimate of drug-likeness (QED) is 0.485. The molecule has 9 heavy (non-hydrogen) atoms. The lowest BCUT2D eigenvalue weighted by molar-refractivity contribution is 0.0610. The first kappa shape index (κ1) is 6.39. The molecule has 0 spiro atoms. The lowest BCUT2D eigenvalue weighted by Gasteiger charge is -2.28. The molecule has 3 nitrogen and oxygen atoms in total. The lowest BCUT2D eigenvalue weighted by Crippen LogP contribution is -2.40. The summed E-state index contributed by atoms with van der Waals surface area (Å²) >= 11 is 0. The van der Waals surface area contributed by atoms with Gasteiger partial charge in [0, 0.05) is 19.5 Å². The molecular formula is C6H11NO2. The summed E-state index contributed by atoms with van der Waals surface area (Å²) in [5, 5.41) is 0. The molecule has 1 aliphatic heterocycles. The second-order valence-corrected chi connectivity index (χ2v) is 2.36. The Kier molecular flexibility index (Phi) is 1.60. The zero-order valence-electron chi connectivity index (χ0n) is 5.76. The number of amides is 1. The van der Waals surface area contributed by atoms with Crippen LogP contribution < -0.4 is 0 Å². The average molecular weight is 129 g/mol. The summed E-state index contributed by atoms with van der Waals surface area (Å²) in [6, 6.07) is 0.339. The maximum atomic E-state index is 10.7. The van der Waals surface area contributed by atoms with E-state index in [-0.39, 0.29) is 6.09 Å². The molecule has 0 aromatic rings. The molecule has 0 aromatic heterocycles. The van der Waals surface area contributed by atoms with Gasteiger partial charge in [-0.3, -0.25) is 0 Å². The molecule has 1 saturated heterocycles. The maximum Gasteiger partial charge on any atom is 0.409 e. The Balaban J connectivity index is 2.51. The molecule has 1 fully saturated rings. The standard InChI is InChI=1S/C6H11NO2/c1-5-3-4-9-6(8)7(5)2/h5H,3-4H2,1-2H3. The van der Waals surface area contributed by atoms with Crippen molar-refractivity contribution in [3.8, 4) is 0 Å². The molecule has 1 amide bonds. The zero-order chi connectivity index (χ0) is 6.85. The van der Waals surface area contributed by atoms with Crippen LogP contribution in [0.1, 0.15) is 13.3 Å². The third-order valence-corrected chi connectivity index (χ3v) is 1.71. The van der Waals surface area contributed by atoms with Crippen molar-refractivity contribution in [3.05, 3.63) is 0 Å². The van der Waals surface area contributed by atoms with Crippen molar-refractivity contribution in [2.24, 2.45) is 0 Å². The van der Waals surface area contributed by atoms with Crippen LogP contribution in [0, 0.1) is 0 Å². The Morgan fingerprint density at radius 1 is 1.78 bits per heavy atom. The largest absolute Gasteiger partial charge is 0.449 e. The van der Waals surface area contributed by atoms with Gasteiger partial charge in [0.05, 0.1) is 6.61 Å². The summed E-state index contributed by atoms with van der Waals surface area (Å²) in [6.45, 7) is 2.59. The summed E-state index contributed by atoms with van der Waals surface area (Å²) in [4.78, 5) is 12.3. The summed E-state index contributed by atoms with van der Waals surface area (Å²) < 4.78 is 4.75. The number of nitrogens with zero attached hydrogens (tertiary/aromatic N) is 1. The fourth-order valence-electron chi connectivity index (χ4n) is 0.792. The van der Waals surface area contributed by atoms with E-state index in [4.69, 9.17) is 4.74 Å². The third-order valence-electron chi connectivity index (χ3n) is 1.71. The number of cyclic esters (lactones) is 1. The van der Waals surface area contributed by atoms with Gasteiger partial charge in [0.25, 0.3) is 0 Å². The summed E-state index contributed by atoms with van der Waals surface area (Å²) in [5.41, 5.74) is 0. The fraction of sp³-hybridized carbons (Fsp3) is 0.833. The van der Waals surface area contributed by atoms with Gasteiger partial charge in [-0.25, -0.2) is 4.79 Å². The van der Waals surface area contributed by atoms with Crippen molar-refractivity contribution < 1.29 is 9.53 Å². The zero-order valence-corrected chi connectivity index (χ0v) is 5.76. The highest BCUT2D eigenvalue weighted by Gasteiger charge is 2.21. The van der Waals surface area contributed by atoms with Gasteiger partial charge >= 0.3 is 6.09 Å². The Morgan fingerprint density at radius 2 is 2.44 bits per heavy atom. The SMILES string of the molecule is CC1CCOC(=O)N1C. The van der Waals surface area contributed by atoms with Crippen LogP contribution >= 0.6 is 0 Å². The van der Waals surface area contributed by atoms with E-state index in [2.05, 4.69) is 0 Å². The minimum Gasteiger partial charge on any atom is -0.449 e. The van der Waals surface area contributed by atoms with Crippen molar-refractivity contribution in [2.45, 2.75) is 19.4 Å². The summed E-state index contributed by atoms with van der Waals surface area (Å²) in [5.74, 6) is 0. The molecular weight excluding hydrogens is 118 g/mol. The van der Waals surface area contributed by atoms with Gasteiger partial charge in [0.2, 0.25) is 0 Å². The van der Waals surface area contributed by atoms with E-state index in [0.717, 1.165) is 6.42 Å². The van der Waals surface area contributed by atoms with Crippen molar-refractivity contribution in [1.29, 1.82) is 0 Å². The molecule has 1 heterocycles. The predicted molar refractivity (Wildman–Crippen MR) is 33.2 cm³/mol. The highest BCUT2D eigenvalue weighted by Crippen LogP contribution is 2.08. The number of carbonyl (C=O) groups excluding carboxylic acids is 1. The van der Waals surface area contributed by atoms with E-state index in [9.17, 15) is 4.79 Å². The fourth-order valence-corrected chi connectivity index (χ4v) is 0.792. The number of hydrogen-bond donors (Lipinski definition) is 0. The molecule has 3 heteroatoms. The predicted octanol–water partition coefficient (Wildman–Crippen LogP) is 0.847. The van der Waals surface area contributed by atoms with E-state index in [1.54, 1.807) is 11.9 Å². The van der Waals surface area contributed by atoms with Gasteiger partial charge in [0.15, 0.2) is 0 Å². The number of hydrogen-bond acceptors (Lipinski definition) is 2. The van der Waals surface area contributed by atoms with Crippen LogP contribution in [0.5, 0.6) is 0 Å². The molecule has 0 aromatic carbocycles. The Bertz CT molecular complexity index is 124. The first-order valence-corrected chi connectivity index (χ1v) is 3.11. The Labute approximate surface area is 54.6 Å². The maximum absolute atomic E-state index is 10.7. The van der Waals surface area contributed by atoms with Crippen LogP contribution in [0.3, 0.4) is 0 Å². The van der Waals surface area contributed by atoms with Crippen LogP contribution in [0.25, 0.3) is 0 Å². The molecule has 0 bridgehead atoms. The van der Waals surface area contributed by atoms with E-state index < -0.39 is 0 Å². The summed E-state index contributed by atoms with van der Waals surface area (Å²) in [7, 11) is 1.76. The molecule has 0 radical (unpaired) electrons. The first-order valence-electron chi connectivity index (χ1n) is 3.11. The molecule has 0 saturated carbocycles. The average Bonchev–Trinajstić information content (AvgIpc) is 1.83. The first-order chi connectivity index (χ1) is 4.22. The Hall–Kier alpha value is -0.730. The third kappa shape index (κ3) is 1.15. The monoisotopic (exact) mass is 129 g/mol. The van der Waals surface area contributed by atoms with E-state index >= 15 is 0 Å². The topological polar surface area (TPSA) is 29.5 Å². The van der Waals surface area contributed by atoms with Crippen molar-refractivity contribution in [2.75, 3.05) is 13.7 Å². The minimum absolute atomic E-state index is 0.200. The summed E-state index contributed by atoms with van der Waals surface area (Å²) in [6.07, 6.45) is 0.746. The van der Waals surface area contributed by atoms with Gasteiger partial charge in [-0.05, 0) is 6.92 Å². The van der Waals surface area contributed by atoms with Gasteiger partial charge in [-0.15, -0.1) is 0 Å².